The molecule has 3 rings (SSSR count). The monoisotopic (exact) mass is 344 g/mol. The van der Waals surface area contributed by atoms with Crippen LogP contribution < -0.4 is 5.56 Å². The van der Waals surface area contributed by atoms with Crippen LogP contribution in [0.5, 0.6) is 0 Å². The molecule has 0 spiro atoms. The van der Waals surface area contributed by atoms with Gasteiger partial charge in [-0.3, -0.25) is 9.69 Å². The molecule has 0 radical (unpaired) electrons. The van der Waals surface area contributed by atoms with Gasteiger partial charge in [0.25, 0.3) is 5.56 Å². The largest absolute Gasteiger partial charge is 0.395 e. The molecular weight excluding hydrogens is 324 g/mol. The second-order valence-corrected chi connectivity index (χ2v) is 6.82. The van der Waals surface area contributed by atoms with E-state index in [-0.39, 0.29) is 18.2 Å². The van der Waals surface area contributed by atoms with E-state index in [9.17, 15) is 9.90 Å². The molecule has 24 heavy (non-hydrogen) atoms. The molecule has 2 heterocycles. The highest BCUT2D eigenvalue weighted by molar-refractivity contribution is 7.09. The number of nitrogens with zero attached hydrogens (tertiary/aromatic N) is 4. The first-order valence-electron chi connectivity index (χ1n) is 7.77. The van der Waals surface area contributed by atoms with Crippen molar-refractivity contribution < 1.29 is 5.11 Å². The number of hydrogen-bond donors (Lipinski definition) is 1. The quantitative estimate of drug-likeness (QED) is 0.737. The molecule has 0 saturated carbocycles. The first-order valence-corrected chi connectivity index (χ1v) is 8.65. The number of hydrogen-bond acceptors (Lipinski definition) is 6. The van der Waals surface area contributed by atoms with Crippen LogP contribution in [0.4, 0.5) is 0 Å². The van der Waals surface area contributed by atoms with Crippen molar-refractivity contribution in [2.45, 2.75) is 26.1 Å². The normalized spacial score (nSPS) is 12.8. The molecule has 126 valence electrons. The molecule has 1 aromatic carbocycles. The fourth-order valence-corrected chi connectivity index (χ4v) is 3.18. The van der Waals surface area contributed by atoms with Crippen LogP contribution in [0, 0.1) is 0 Å². The van der Waals surface area contributed by atoms with Gasteiger partial charge in [0.15, 0.2) is 0 Å². The van der Waals surface area contributed by atoms with E-state index >= 15 is 0 Å². The van der Waals surface area contributed by atoms with Gasteiger partial charge in [-0.1, -0.05) is 18.2 Å². The van der Waals surface area contributed by atoms with E-state index in [2.05, 4.69) is 10.1 Å². The summed E-state index contributed by atoms with van der Waals surface area (Å²) in [6.07, 6.45) is 1.71. The number of fused-ring (bicyclic) bond motifs is 1. The Kier molecular flexibility index (Phi) is 5.03. The van der Waals surface area contributed by atoms with Gasteiger partial charge < -0.3 is 5.11 Å². The topological polar surface area (TPSA) is 71.2 Å². The van der Waals surface area contributed by atoms with Crippen LogP contribution in [0.25, 0.3) is 10.8 Å². The molecule has 2 aromatic heterocycles. The molecular formula is C17H20N4O2S. The Morgan fingerprint density at radius 2 is 2.17 bits per heavy atom. The van der Waals surface area contributed by atoms with E-state index in [1.807, 2.05) is 48.5 Å². The van der Waals surface area contributed by atoms with Crippen molar-refractivity contribution in [3.05, 3.63) is 56.9 Å². The first kappa shape index (κ1) is 16.8. The van der Waals surface area contributed by atoms with Crippen molar-refractivity contribution >= 4 is 22.1 Å². The molecule has 6 nitrogen and oxygen atoms in total. The summed E-state index contributed by atoms with van der Waals surface area (Å²) in [5.41, 5.74) is 0.836. The number of thiazole rings is 1. The maximum absolute atomic E-state index is 12.5. The highest BCUT2D eigenvalue weighted by atomic mass is 32.1. The van der Waals surface area contributed by atoms with E-state index in [0.717, 1.165) is 16.1 Å². The van der Waals surface area contributed by atoms with E-state index in [1.54, 1.807) is 6.20 Å². The summed E-state index contributed by atoms with van der Waals surface area (Å²) in [4.78, 5) is 19.1. The fourth-order valence-electron chi connectivity index (χ4n) is 2.41. The molecule has 0 aliphatic carbocycles. The third-order valence-corrected chi connectivity index (χ3v) is 4.96. The summed E-state index contributed by atoms with van der Waals surface area (Å²) in [7, 11) is 1.95. The summed E-state index contributed by atoms with van der Waals surface area (Å²) >= 11 is 1.52. The maximum Gasteiger partial charge on any atom is 0.275 e. The average Bonchev–Trinajstić information content (AvgIpc) is 3.03. The zero-order valence-corrected chi connectivity index (χ0v) is 14.5. The molecule has 3 aromatic rings. The van der Waals surface area contributed by atoms with Crippen molar-refractivity contribution in [1.29, 1.82) is 0 Å². The fraction of sp³-hybridized carbons (Fsp3) is 0.353. The summed E-state index contributed by atoms with van der Waals surface area (Å²) in [5, 5.41) is 17.8. The second-order valence-electron chi connectivity index (χ2n) is 5.87. The van der Waals surface area contributed by atoms with Crippen molar-refractivity contribution in [2.75, 3.05) is 13.7 Å². The summed E-state index contributed by atoms with van der Waals surface area (Å²) in [6, 6.07) is 7.53. The van der Waals surface area contributed by atoms with Gasteiger partial charge in [0, 0.05) is 23.4 Å². The Morgan fingerprint density at radius 3 is 2.96 bits per heavy atom. The van der Waals surface area contributed by atoms with Gasteiger partial charge >= 0.3 is 0 Å². The molecule has 0 aliphatic heterocycles. The van der Waals surface area contributed by atoms with Crippen LogP contribution in [0.1, 0.15) is 17.6 Å². The standard InChI is InChI=1S/C17H20N4O2S/c1-12(10-22)20(2)8-14-11-24-16(19-14)9-21-17(23)15-6-4-3-5-13(15)7-18-21/h3-7,11-12,22H,8-10H2,1-2H3/t12-/m1/s1. The minimum Gasteiger partial charge on any atom is -0.395 e. The van der Waals surface area contributed by atoms with E-state index in [1.165, 1.54) is 16.0 Å². The predicted octanol–water partition coefficient (Wildman–Crippen LogP) is 1.71. The average molecular weight is 344 g/mol. The lowest BCUT2D eigenvalue weighted by Crippen LogP contribution is -2.31. The lowest BCUT2D eigenvalue weighted by atomic mass is 10.2. The zero-order chi connectivity index (χ0) is 17.1. The lowest BCUT2D eigenvalue weighted by Gasteiger charge is -2.21. The minimum absolute atomic E-state index is 0.0833. The highest BCUT2D eigenvalue weighted by Crippen LogP contribution is 2.14. The minimum atomic E-state index is -0.101. The Morgan fingerprint density at radius 1 is 1.38 bits per heavy atom. The Hall–Kier alpha value is -2.09. The highest BCUT2D eigenvalue weighted by Gasteiger charge is 2.12. The van der Waals surface area contributed by atoms with E-state index in [4.69, 9.17) is 0 Å². The van der Waals surface area contributed by atoms with Crippen molar-refractivity contribution in [1.82, 2.24) is 19.7 Å². The Balaban J connectivity index is 1.78. The van der Waals surface area contributed by atoms with Crippen LogP contribution in [0.3, 0.4) is 0 Å². The first-order chi connectivity index (χ1) is 11.6. The molecule has 1 N–H and O–H groups in total. The van der Waals surface area contributed by atoms with Gasteiger partial charge in [-0.05, 0) is 20.0 Å². The maximum atomic E-state index is 12.5. The van der Waals surface area contributed by atoms with Crippen LogP contribution in [-0.4, -0.2) is 44.5 Å². The number of likely N-dealkylation sites (N-methyl/N-ethyl adjacent to an activating group) is 1. The second kappa shape index (κ2) is 7.21. The van der Waals surface area contributed by atoms with Gasteiger partial charge in [0.05, 0.1) is 30.4 Å². The summed E-state index contributed by atoms with van der Waals surface area (Å²) < 4.78 is 1.45. The summed E-state index contributed by atoms with van der Waals surface area (Å²) in [5.74, 6) is 0. The number of aliphatic hydroxyl groups is 1. The molecule has 0 aliphatic rings. The van der Waals surface area contributed by atoms with E-state index in [0.29, 0.717) is 18.5 Å². The van der Waals surface area contributed by atoms with Crippen LogP contribution in [0.15, 0.2) is 40.6 Å². The molecule has 0 saturated heterocycles. The number of aromatic nitrogens is 3. The number of rotatable bonds is 6. The zero-order valence-electron chi connectivity index (χ0n) is 13.7. The van der Waals surface area contributed by atoms with Gasteiger partial charge in [-0.2, -0.15) is 5.10 Å². The van der Waals surface area contributed by atoms with Crippen molar-refractivity contribution in [3.63, 3.8) is 0 Å². The van der Waals surface area contributed by atoms with Crippen LogP contribution in [0.2, 0.25) is 0 Å². The van der Waals surface area contributed by atoms with Gasteiger partial charge in [0.2, 0.25) is 0 Å². The predicted molar refractivity (Wildman–Crippen MR) is 95.2 cm³/mol. The third kappa shape index (κ3) is 3.53. The van der Waals surface area contributed by atoms with Crippen molar-refractivity contribution in [2.24, 2.45) is 0 Å². The van der Waals surface area contributed by atoms with Gasteiger partial charge in [-0.15, -0.1) is 11.3 Å². The van der Waals surface area contributed by atoms with Gasteiger partial charge in [0.1, 0.15) is 5.01 Å². The SMILES string of the molecule is C[C@H](CO)N(C)Cc1csc(Cn2ncc3ccccc3c2=O)n1. The van der Waals surface area contributed by atoms with E-state index < -0.39 is 0 Å². The molecule has 7 heteroatoms. The smallest absolute Gasteiger partial charge is 0.275 e. The van der Waals surface area contributed by atoms with Crippen LogP contribution in [-0.2, 0) is 13.1 Å². The molecule has 0 amide bonds. The van der Waals surface area contributed by atoms with Crippen LogP contribution >= 0.6 is 11.3 Å². The summed E-state index contributed by atoms with van der Waals surface area (Å²) in [6.45, 7) is 3.11. The number of aliphatic hydroxyl groups excluding tert-OH is 1. The molecule has 0 bridgehead atoms. The third-order valence-electron chi connectivity index (χ3n) is 4.07. The molecule has 0 fully saturated rings. The molecule has 0 unspecified atom stereocenters. The van der Waals surface area contributed by atoms with Gasteiger partial charge in [-0.25, -0.2) is 9.67 Å². The number of benzene rings is 1. The Bertz CT molecular complexity index is 889. The molecule has 1 atom stereocenters. The van der Waals surface area contributed by atoms with Crippen molar-refractivity contribution in [3.8, 4) is 0 Å². The Labute approximate surface area is 144 Å². The lowest BCUT2D eigenvalue weighted by molar-refractivity contribution is 0.153.